The minimum atomic E-state index is -0.289. The van der Waals surface area contributed by atoms with E-state index in [0.717, 1.165) is 22.4 Å². The number of aromatic nitrogens is 3. The number of hydrogen-bond acceptors (Lipinski definition) is 5. The van der Waals surface area contributed by atoms with Crippen LogP contribution in [-0.2, 0) is 4.79 Å². The topological polar surface area (TPSA) is 78.3 Å². The fourth-order valence-corrected chi connectivity index (χ4v) is 3.37. The first-order valence-corrected chi connectivity index (χ1v) is 10.2. The van der Waals surface area contributed by atoms with Gasteiger partial charge < -0.3 is 14.8 Å². The van der Waals surface area contributed by atoms with Gasteiger partial charge in [-0.25, -0.2) is 4.98 Å². The predicted molar refractivity (Wildman–Crippen MR) is 123 cm³/mol. The van der Waals surface area contributed by atoms with E-state index in [1.165, 1.54) is 0 Å². The van der Waals surface area contributed by atoms with Crippen molar-refractivity contribution in [1.29, 1.82) is 0 Å². The summed E-state index contributed by atoms with van der Waals surface area (Å²) in [6, 6.07) is 20.8. The zero-order valence-electron chi connectivity index (χ0n) is 18.2. The van der Waals surface area contributed by atoms with Crippen LogP contribution in [-0.4, -0.2) is 34.4 Å². The minimum Gasteiger partial charge on any atom is -0.497 e. The number of carbonyl (C=O) groups is 1. The van der Waals surface area contributed by atoms with Gasteiger partial charge in [-0.3, -0.25) is 4.79 Å². The van der Waals surface area contributed by atoms with Gasteiger partial charge in [-0.05, 0) is 73.5 Å². The average molecular weight is 428 g/mol. The summed E-state index contributed by atoms with van der Waals surface area (Å²) >= 11 is 0. The van der Waals surface area contributed by atoms with Crippen molar-refractivity contribution in [3.05, 3.63) is 84.1 Å². The van der Waals surface area contributed by atoms with E-state index < -0.39 is 0 Å². The van der Waals surface area contributed by atoms with Crippen LogP contribution >= 0.6 is 0 Å². The lowest BCUT2D eigenvalue weighted by Crippen LogP contribution is -2.22. The molecule has 0 spiro atoms. The number of rotatable bonds is 7. The van der Waals surface area contributed by atoms with Gasteiger partial charge in [-0.2, -0.15) is 9.78 Å². The lowest BCUT2D eigenvalue weighted by Gasteiger charge is -2.10. The van der Waals surface area contributed by atoms with Crippen molar-refractivity contribution in [2.24, 2.45) is 0 Å². The first kappa shape index (κ1) is 21.1. The Labute approximate surface area is 186 Å². The van der Waals surface area contributed by atoms with Crippen LogP contribution in [0, 0.1) is 13.8 Å². The summed E-state index contributed by atoms with van der Waals surface area (Å²) in [5.41, 5.74) is 3.75. The van der Waals surface area contributed by atoms with Crippen LogP contribution in [0.1, 0.15) is 11.1 Å². The average Bonchev–Trinajstić information content (AvgIpc) is 3.21. The zero-order valence-corrected chi connectivity index (χ0v) is 18.2. The van der Waals surface area contributed by atoms with E-state index in [2.05, 4.69) is 21.5 Å². The van der Waals surface area contributed by atoms with E-state index in [0.29, 0.717) is 23.1 Å². The smallest absolute Gasteiger partial charge is 0.263 e. The molecule has 0 saturated heterocycles. The molecule has 0 saturated carbocycles. The number of nitrogens with one attached hydrogen (secondary N) is 1. The van der Waals surface area contributed by atoms with Gasteiger partial charge in [-0.15, -0.1) is 0 Å². The number of amides is 1. The molecule has 0 radical (unpaired) electrons. The zero-order chi connectivity index (χ0) is 22.5. The highest BCUT2D eigenvalue weighted by Gasteiger charge is 2.15. The number of nitrogens with zero attached hydrogens (tertiary/aromatic N) is 3. The Bertz CT molecular complexity index is 1200. The van der Waals surface area contributed by atoms with Gasteiger partial charge in [0.05, 0.1) is 12.8 Å². The molecule has 4 aromatic rings. The third-order valence-corrected chi connectivity index (χ3v) is 4.79. The molecule has 0 aliphatic heterocycles. The van der Waals surface area contributed by atoms with Gasteiger partial charge in [0.15, 0.2) is 12.4 Å². The molecule has 0 atom stereocenters. The molecule has 162 valence electrons. The van der Waals surface area contributed by atoms with Gasteiger partial charge in [0, 0.05) is 17.8 Å². The van der Waals surface area contributed by atoms with Crippen LogP contribution in [0.25, 0.3) is 17.1 Å². The fourth-order valence-electron chi connectivity index (χ4n) is 3.37. The van der Waals surface area contributed by atoms with Crippen molar-refractivity contribution in [3.8, 4) is 28.6 Å². The van der Waals surface area contributed by atoms with E-state index in [1.807, 2.05) is 74.5 Å². The Kier molecular flexibility index (Phi) is 6.17. The van der Waals surface area contributed by atoms with Gasteiger partial charge in [0.2, 0.25) is 0 Å². The molecule has 1 N–H and O–H groups in total. The monoisotopic (exact) mass is 428 g/mol. The van der Waals surface area contributed by atoms with E-state index in [4.69, 9.17) is 9.47 Å². The molecule has 0 bridgehead atoms. The summed E-state index contributed by atoms with van der Waals surface area (Å²) < 4.78 is 12.5. The number of ether oxygens (including phenoxy) is 2. The second kappa shape index (κ2) is 9.34. The van der Waals surface area contributed by atoms with Crippen LogP contribution in [0.2, 0.25) is 0 Å². The van der Waals surface area contributed by atoms with Crippen LogP contribution in [0.3, 0.4) is 0 Å². The summed E-state index contributed by atoms with van der Waals surface area (Å²) in [5.74, 6) is 2.23. The van der Waals surface area contributed by atoms with E-state index >= 15 is 0 Å². The number of anilines is 1. The number of pyridine rings is 1. The summed E-state index contributed by atoms with van der Waals surface area (Å²) in [6.45, 7) is 3.87. The van der Waals surface area contributed by atoms with Crippen LogP contribution in [0.4, 0.5) is 5.82 Å². The van der Waals surface area contributed by atoms with Crippen molar-refractivity contribution >= 4 is 11.7 Å². The maximum atomic E-state index is 12.7. The van der Waals surface area contributed by atoms with Crippen LogP contribution in [0.5, 0.6) is 11.5 Å². The predicted octanol–water partition coefficient (Wildman–Crippen LogP) is 4.58. The fraction of sp³-hybridized carbons (Fsp3) is 0.160. The highest BCUT2D eigenvalue weighted by atomic mass is 16.5. The molecule has 0 fully saturated rings. The first-order chi connectivity index (χ1) is 15.5. The molecule has 0 unspecified atom stereocenters. The molecule has 2 aromatic carbocycles. The van der Waals surface area contributed by atoms with Gasteiger partial charge >= 0.3 is 0 Å². The molecule has 7 heteroatoms. The number of carbonyl (C=O) groups excluding carboxylic acids is 1. The molecule has 2 heterocycles. The van der Waals surface area contributed by atoms with E-state index in [9.17, 15) is 4.79 Å². The highest BCUT2D eigenvalue weighted by molar-refractivity contribution is 5.92. The van der Waals surface area contributed by atoms with E-state index in [-0.39, 0.29) is 12.5 Å². The quantitative estimate of drug-likeness (QED) is 0.466. The molecule has 32 heavy (non-hydrogen) atoms. The third-order valence-electron chi connectivity index (χ3n) is 4.79. The Morgan fingerprint density at radius 2 is 1.72 bits per heavy atom. The molecule has 0 aliphatic carbocycles. The Morgan fingerprint density at radius 1 is 0.969 bits per heavy atom. The second-order valence-corrected chi connectivity index (χ2v) is 7.40. The summed E-state index contributed by atoms with van der Waals surface area (Å²) in [4.78, 5) is 17.0. The van der Waals surface area contributed by atoms with Crippen molar-refractivity contribution in [3.63, 3.8) is 0 Å². The van der Waals surface area contributed by atoms with E-state index in [1.54, 1.807) is 18.0 Å². The Morgan fingerprint density at radius 3 is 2.38 bits per heavy atom. The molecule has 4 rings (SSSR count). The summed E-state index contributed by atoms with van der Waals surface area (Å²) in [6.07, 6.45) is 1.68. The van der Waals surface area contributed by atoms with Crippen molar-refractivity contribution in [2.75, 3.05) is 19.0 Å². The van der Waals surface area contributed by atoms with Crippen molar-refractivity contribution in [1.82, 2.24) is 14.8 Å². The summed E-state index contributed by atoms with van der Waals surface area (Å²) in [7, 11) is 1.62. The molecular weight excluding hydrogens is 404 g/mol. The highest BCUT2D eigenvalue weighted by Crippen LogP contribution is 2.26. The van der Waals surface area contributed by atoms with Gasteiger partial charge in [0.25, 0.3) is 5.91 Å². The SMILES string of the molecule is COc1ccc(-c2cc(NC(=O)COc3cc(C)cc(C)c3)n(-c3ccccn3)n2)cc1. The normalized spacial score (nSPS) is 10.6. The lowest BCUT2D eigenvalue weighted by molar-refractivity contribution is -0.118. The molecule has 2 aromatic heterocycles. The summed E-state index contributed by atoms with van der Waals surface area (Å²) in [5, 5.41) is 7.55. The van der Waals surface area contributed by atoms with Crippen molar-refractivity contribution < 1.29 is 14.3 Å². The number of aryl methyl sites for hydroxylation is 2. The Balaban J connectivity index is 1.57. The largest absolute Gasteiger partial charge is 0.497 e. The first-order valence-electron chi connectivity index (χ1n) is 10.2. The van der Waals surface area contributed by atoms with Gasteiger partial charge in [0.1, 0.15) is 17.3 Å². The maximum Gasteiger partial charge on any atom is 0.263 e. The van der Waals surface area contributed by atoms with Crippen LogP contribution in [0.15, 0.2) is 72.9 Å². The molecular formula is C25H24N4O3. The molecule has 7 nitrogen and oxygen atoms in total. The molecule has 1 amide bonds. The number of hydrogen-bond donors (Lipinski definition) is 1. The second-order valence-electron chi connectivity index (χ2n) is 7.40. The van der Waals surface area contributed by atoms with Crippen molar-refractivity contribution in [2.45, 2.75) is 13.8 Å². The lowest BCUT2D eigenvalue weighted by atomic mass is 10.1. The third kappa shape index (κ3) is 4.95. The number of methoxy groups -OCH3 is 1. The molecule has 0 aliphatic rings. The maximum absolute atomic E-state index is 12.7. The standard InChI is InChI=1S/C25H24N4O3/c1-17-12-18(2)14-21(13-17)32-16-25(30)27-24-15-22(19-7-9-20(31-3)10-8-19)28-29(24)23-6-4-5-11-26-23/h4-15H,16H2,1-3H3,(H,27,30). The van der Waals surface area contributed by atoms with Gasteiger partial charge in [-0.1, -0.05) is 12.1 Å². The van der Waals surface area contributed by atoms with Crippen LogP contribution < -0.4 is 14.8 Å². The number of benzene rings is 2. The minimum absolute atomic E-state index is 0.117. The Hall–Kier alpha value is -4.13.